The average molecular weight is 403 g/mol. The first-order valence-corrected chi connectivity index (χ1v) is 8.91. The quantitative estimate of drug-likeness (QED) is 0.343. The number of non-ortho nitro benzene ring substituents is 1. The highest BCUT2D eigenvalue weighted by Crippen LogP contribution is 2.36. The van der Waals surface area contributed by atoms with Crippen LogP contribution in [0.4, 0.5) is 5.69 Å². The Kier molecular flexibility index (Phi) is 4.36. The highest BCUT2D eigenvalue weighted by atomic mass is 32.2. The van der Waals surface area contributed by atoms with Gasteiger partial charge < -0.3 is 0 Å². The number of hydrogen-bond donors (Lipinski definition) is 0. The van der Waals surface area contributed by atoms with E-state index >= 15 is 0 Å². The lowest BCUT2D eigenvalue weighted by molar-refractivity contribution is -0.384. The van der Waals surface area contributed by atoms with E-state index in [-0.39, 0.29) is 5.69 Å². The van der Waals surface area contributed by atoms with Crippen LogP contribution in [0.25, 0.3) is 11.0 Å². The van der Waals surface area contributed by atoms with Crippen LogP contribution in [-0.4, -0.2) is 55.3 Å². The average Bonchev–Trinajstić information content (AvgIpc) is 3.23. The van der Waals surface area contributed by atoms with Crippen molar-refractivity contribution in [2.75, 3.05) is 0 Å². The Bertz CT molecular complexity index is 1160. The minimum atomic E-state index is -0.478. The molecule has 0 unspecified atom stereocenters. The fourth-order valence-corrected chi connectivity index (χ4v) is 3.69. The molecule has 0 radical (unpaired) electrons. The second kappa shape index (κ2) is 6.84. The first-order chi connectivity index (χ1) is 13.0. The Morgan fingerprint density at radius 3 is 1.96 bits per heavy atom. The summed E-state index contributed by atoms with van der Waals surface area (Å²) in [5, 5.41) is 35.7. The number of hydrogen-bond acceptors (Lipinski definition) is 12. The van der Waals surface area contributed by atoms with E-state index in [0.29, 0.717) is 31.4 Å². The van der Waals surface area contributed by atoms with Crippen molar-refractivity contribution < 1.29 is 4.92 Å². The molecular formula is C12H9N11O2S2. The van der Waals surface area contributed by atoms with Gasteiger partial charge >= 0.3 is 0 Å². The van der Waals surface area contributed by atoms with Crippen molar-refractivity contribution in [3.05, 3.63) is 28.3 Å². The zero-order chi connectivity index (χ0) is 19.0. The Morgan fingerprint density at radius 1 is 0.926 bits per heavy atom. The molecule has 0 fully saturated rings. The van der Waals surface area contributed by atoms with E-state index in [1.54, 1.807) is 20.2 Å². The van der Waals surface area contributed by atoms with Crippen molar-refractivity contribution in [2.24, 2.45) is 14.1 Å². The van der Waals surface area contributed by atoms with Gasteiger partial charge in [0.15, 0.2) is 0 Å². The maximum absolute atomic E-state index is 11.0. The molecule has 0 aliphatic carbocycles. The Labute approximate surface area is 158 Å². The number of aryl methyl sites for hydroxylation is 2. The molecule has 4 rings (SSSR count). The van der Waals surface area contributed by atoms with Crippen LogP contribution >= 0.6 is 23.5 Å². The summed E-state index contributed by atoms with van der Waals surface area (Å²) in [6, 6.07) is 4.31. The summed E-state index contributed by atoms with van der Waals surface area (Å²) >= 11 is 2.41. The number of tetrazole rings is 2. The summed E-state index contributed by atoms with van der Waals surface area (Å²) in [4.78, 5) is 19.7. The minimum absolute atomic E-state index is 0.0639. The van der Waals surface area contributed by atoms with Crippen molar-refractivity contribution in [3.63, 3.8) is 0 Å². The number of rotatable bonds is 5. The predicted molar refractivity (Wildman–Crippen MR) is 92.0 cm³/mol. The molecule has 0 saturated heterocycles. The standard InChI is InChI=1S/C12H9N11O2S2/c1-21-11(15-17-19-21)26-9-10(27-12-16-18-20-22(12)2)14-8-5-6(23(24)25)3-4-7(8)13-9/h3-5H,1-2H3. The predicted octanol–water partition coefficient (Wildman–Crippen LogP) is 0.887. The largest absolute Gasteiger partial charge is 0.271 e. The molecule has 15 heteroatoms. The lowest BCUT2D eigenvalue weighted by Crippen LogP contribution is -1.99. The molecule has 0 amide bonds. The van der Waals surface area contributed by atoms with Crippen LogP contribution in [-0.2, 0) is 14.1 Å². The summed E-state index contributed by atoms with van der Waals surface area (Å²) in [6.07, 6.45) is 0. The first kappa shape index (κ1) is 17.2. The molecule has 0 N–H and O–H groups in total. The molecule has 27 heavy (non-hydrogen) atoms. The van der Waals surface area contributed by atoms with Crippen LogP contribution in [0.1, 0.15) is 0 Å². The number of nitrogens with zero attached hydrogens (tertiary/aromatic N) is 11. The van der Waals surface area contributed by atoms with Gasteiger partial charge in [-0.3, -0.25) is 10.1 Å². The molecule has 0 aliphatic rings. The molecular weight excluding hydrogens is 394 g/mol. The zero-order valence-electron chi connectivity index (χ0n) is 13.8. The Hall–Kier alpha value is -3.20. The van der Waals surface area contributed by atoms with Gasteiger partial charge in [-0.15, -0.1) is 10.2 Å². The van der Waals surface area contributed by atoms with Crippen LogP contribution in [0.5, 0.6) is 0 Å². The van der Waals surface area contributed by atoms with E-state index in [0.717, 1.165) is 0 Å². The maximum atomic E-state index is 11.0. The summed E-state index contributed by atoms with van der Waals surface area (Å²) in [7, 11) is 3.40. The van der Waals surface area contributed by atoms with E-state index in [9.17, 15) is 10.1 Å². The second-order valence-corrected chi connectivity index (χ2v) is 7.05. The van der Waals surface area contributed by atoms with Gasteiger partial charge in [0.1, 0.15) is 10.1 Å². The van der Waals surface area contributed by atoms with Crippen LogP contribution in [0, 0.1) is 10.1 Å². The van der Waals surface area contributed by atoms with E-state index in [1.165, 1.54) is 45.0 Å². The summed E-state index contributed by atoms with van der Waals surface area (Å²) in [5.41, 5.74) is 0.840. The van der Waals surface area contributed by atoms with Crippen molar-refractivity contribution in [2.45, 2.75) is 20.4 Å². The minimum Gasteiger partial charge on any atom is -0.258 e. The number of fused-ring (bicyclic) bond motifs is 1. The van der Waals surface area contributed by atoms with Gasteiger partial charge in [0.2, 0.25) is 10.3 Å². The topological polar surface area (TPSA) is 156 Å². The van der Waals surface area contributed by atoms with Crippen molar-refractivity contribution in [1.29, 1.82) is 0 Å². The van der Waals surface area contributed by atoms with Gasteiger partial charge in [-0.2, -0.15) is 0 Å². The monoisotopic (exact) mass is 403 g/mol. The van der Waals surface area contributed by atoms with Gasteiger partial charge in [0, 0.05) is 26.2 Å². The fraction of sp³-hybridized carbons (Fsp3) is 0.167. The molecule has 3 heterocycles. The molecule has 13 nitrogen and oxygen atoms in total. The molecule has 0 saturated carbocycles. The number of nitro benzene ring substituents is 1. The molecule has 0 aliphatic heterocycles. The van der Waals surface area contributed by atoms with Crippen molar-refractivity contribution in [3.8, 4) is 0 Å². The molecule has 0 bridgehead atoms. The summed E-state index contributed by atoms with van der Waals surface area (Å²) < 4.78 is 2.99. The van der Waals surface area contributed by atoms with E-state index in [2.05, 4.69) is 41.0 Å². The van der Waals surface area contributed by atoms with Crippen LogP contribution < -0.4 is 0 Å². The van der Waals surface area contributed by atoms with E-state index in [1.807, 2.05) is 0 Å². The lowest BCUT2D eigenvalue weighted by atomic mass is 10.3. The first-order valence-electron chi connectivity index (χ1n) is 7.28. The summed E-state index contributed by atoms with van der Waals surface area (Å²) in [5.74, 6) is 0. The molecule has 1 aromatic carbocycles. The molecule has 0 spiro atoms. The third-order valence-corrected chi connectivity index (χ3v) is 5.48. The summed E-state index contributed by atoms with van der Waals surface area (Å²) in [6.45, 7) is 0. The maximum Gasteiger partial charge on any atom is 0.271 e. The van der Waals surface area contributed by atoms with E-state index in [4.69, 9.17) is 0 Å². The molecule has 136 valence electrons. The van der Waals surface area contributed by atoms with Crippen LogP contribution in [0.3, 0.4) is 0 Å². The smallest absolute Gasteiger partial charge is 0.258 e. The highest BCUT2D eigenvalue weighted by molar-refractivity contribution is 8.02. The van der Waals surface area contributed by atoms with Gasteiger partial charge in [-0.05, 0) is 50.4 Å². The highest BCUT2D eigenvalue weighted by Gasteiger charge is 2.18. The van der Waals surface area contributed by atoms with Crippen molar-refractivity contribution >= 4 is 40.2 Å². The van der Waals surface area contributed by atoms with Gasteiger partial charge in [-0.1, -0.05) is 0 Å². The lowest BCUT2D eigenvalue weighted by Gasteiger charge is -2.07. The van der Waals surface area contributed by atoms with Crippen molar-refractivity contribution in [1.82, 2.24) is 50.4 Å². The second-order valence-electron chi connectivity index (χ2n) is 5.14. The number of benzene rings is 1. The third kappa shape index (κ3) is 3.41. The molecule has 3 aromatic heterocycles. The number of nitro groups is 1. The van der Waals surface area contributed by atoms with Crippen LogP contribution in [0.2, 0.25) is 0 Å². The zero-order valence-corrected chi connectivity index (χ0v) is 15.4. The normalized spacial score (nSPS) is 11.2. The van der Waals surface area contributed by atoms with E-state index < -0.39 is 4.92 Å². The fourth-order valence-electron chi connectivity index (χ4n) is 2.05. The van der Waals surface area contributed by atoms with Crippen LogP contribution in [0.15, 0.2) is 38.6 Å². The SMILES string of the molecule is Cn1nnnc1Sc1nc2ccc([N+](=O)[O-])cc2nc1Sc1nnnn1C. The third-order valence-electron chi connectivity index (χ3n) is 3.34. The number of aromatic nitrogens is 10. The molecule has 0 atom stereocenters. The molecule has 4 aromatic rings. The van der Waals surface area contributed by atoms with Gasteiger partial charge in [0.05, 0.1) is 16.0 Å². The Balaban J connectivity index is 1.83. The van der Waals surface area contributed by atoms with Gasteiger partial charge in [0.25, 0.3) is 5.69 Å². The Morgan fingerprint density at radius 2 is 1.48 bits per heavy atom. The van der Waals surface area contributed by atoms with Gasteiger partial charge in [-0.25, -0.2) is 19.3 Å².